The van der Waals surface area contributed by atoms with Gasteiger partial charge in [0.15, 0.2) is 24.4 Å². The van der Waals surface area contributed by atoms with E-state index in [-0.39, 0.29) is 44.9 Å². The Morgan fingerprint density at radius 3 is 1.19 bits per heavy atom. The lowest BCUT2D eigenvalue weighted by Crippen LogP contribution is -2.67. The van der Waals surface area contributed by atoms with Crippen LogP contribution in [0.1, 0.15) is 150 Å². The van der Waals surface area contributed by atoms with Gasteiger partial charge in [0.2, 0.25) is 0 Å². The molecule has 0 bridgehead atoms. The number of unbranched alkanes of at least 4 members (excludes halogenated alkanes) is 8. The minimum absolute atomic E-state index is 0.0385. The number of ether oxygens (including phenoxy) is 5. The number of carbonyl (C=O) groups excluding carboxylic acids is 5. The van der Waals surface area contributed by atoms with Crippen molar-refractivity contribution in [3.8, 4) is 0 Å². The summed E-state index contributed by atoms with van der Waals surface area (Å²) in [5, 5.41) is 0. The topological polar surface area (TPSA) is 321 Å². The Morgan fingerprint density at radius 1 is 0.435 bits per heavy atom. The SMILES string of the molecule is CCCCCCCC(=O)OC[C@H](COP(=O)(O)O[C@H]1[C@H](OC(=O)CCC)[C@@H](OC(=O)CCC)[C@H](OP(=O)(O)O)[C@@H](OP(=O)(O)O)[C@H]1OC(=O)CCC)OC(=O)CCCCCCC. The maximum Gasteiger partial charge on any atom is 0.472 e. The van der Waals surface area contributed by atoms with E-state index in [1.807, 2.05) is 13.8 Å². The molecule has 1 aliphatic carbocycles. The Kier molecular flexibility index (Phi) is 27.9. The van der Waals surface area contributed by atoms with E-state index in [1.165, 1.54) is 6.92 Å². The van der Waals surface area contributed by atoms with Crippen LogP contribution in [0.15, 0.2) is 0 Å². The van der Waals surface area contributed by atoms with Crippen LogP contribution in [0, 0.1) is 0 Å². The fourth-order valence-corrected chi connectivity index (χ4v) is 8.25. The quantitative estimate of drug-likeness (QED) is 0.0225. The van der Waals surface area contributed by atoms with Crippen LogP contribution < -0.4 is 0 Å². The molecule has 362 valence electrons. The highest BCUT2D eigenvalue weighted by atomic mass is 31.2. The van der Waals surface area contributed by atoms with Crippen LogP contribution in [0.3, 0.4) is 0 Å². The van der Waals surface area contributed by atoms with E-state index in [4.69, 9.17) is 41.8 Å². The second-order valence-electron chi connectivity index (χ2n) is 14.7. The molecule has 5 N–H and O–H groups in total. The Hall–Kier alpha value is -2.32. The second kappa shape index (κ2) is 30.0. The summed E-state index contributed by atoms with van der Waals surface area (Å²) in [6, 6.07) is 0. The molecule has 0 aromatic carbocycles. The fraction of sp³-hybridized carbons (Fsp3) is 0.865. The van der Waals surface area contributed by atoms with Crippen molar-refractivity contribution in [2.24, 2.45) is 0 Å². The molecular formula is C37H67O22P3. The molecular weight excluding hydrogens is 889 g/mol. The van der Waals surface area contributed by atoms with Gasteiger partial charge in [0.1, 0.15) is 24.9 Å². The Bertz CT molecular complexity index is 1520. The third kappa shape index (κ3) is 24.7. The number of esters is 5. The summed E-state index contributed by atoms with van der Waals surface area (Å²) in [5.74, 6) is -4.79. The first kappa shape index (κ1) is 57.7. The first-order chi connectivity index (χ1) is 29.1. The van der Waals surface area contributed by atoms with Gasteiger partial charge in [-0.1, -0.05) is 86.0 Å². The molecule has 22 nitrogen and oxygen atoms in total. The minimum Gasteiger partial charge on any atom is -0.462 e. The van der Waals surface area contributed by atoms with Gasteiger partial charge in [0.05, 0.1) is 6.61 Å². The third-order valence-electron chi connectivity index (χ3n) is 9.00. The van der Waals surface area contributed by atoms with Gasteiger partial charge in [-0.25, -0.2) is 13.7 Å². The van der Waals surface area contributed by atoms with Gasteiger partial charge >= 0.3 is 53.3 Å². The van der Waals surface area contributed by atoms with Gasteiger partial charge in [-0.2, -0.15) is 0 Å². The predicted octanol–water partition coefficient (Wildman–Crippen LogP) is 5.77. The van der Waals surface area contributed by atoms with E-state index in [0.29, 0.717) is 19.3 Å². The van der Waals surface area contributed by atoms with Gasteiger partial charge in [-0.3, -0.25) is 42.1 Å². The standard InChI is InChI=1S/C37H67O22P3/c1-6-11-13-15-17-22-27(38)51-24-26(53-31(42)23-18-16-14-12-7-2)25-52-62(49,50)59-35-32(54-28(39)19-8-3)33(55-29(40)20-9-4)36(57-60(43,44)45)37(58-61(46,47)48)34(35)56-30(41)21-10-5/h26,32-37H,6-25H2,1-5H3,(H,49,50)(H2,43,44,45)(H2,46,47,48)/t26-,32-,33-,34+,35+,36+,37+/m1/s1. The predicted molar refractivity (Wildman–Crippen MR) is 216 cm³/mol. The number of hydrogen-bond donors (Lipinski definition) is 5. The first-order valence-electron chi connectivity index (χ1n) is 21.2. The zero-order chi connectivity index (χ0) is 46.9. The van der Waals surface area contributed by atoms with Crippen LogP contribution >= 0.6 is 23.5 Å². The summed E-state index contributed by atoms with van der Waals surface area (Å²) in [4.78, 5) is 115. The summed E-state index contributed by atoms with van der Waals surface area (Å²) in [6.45, 7) is 7.10. The lowest BCUT2D eigenvalue weighted by Gasteiger charge is -2.48. The molecule has 1 aliphatic rings. The number of hydrogen-bond acceptors (Lipinski definition) is 17. The Balaban J connectivity index is 3.76. The van der Waals surface area contributed by atoms with Crippen molar-refractivity contribution in [1.82, 2.24) is 0 Å². The second-order valence-corrected chi connectivity index (χ2v) is 18.5. The molecule has 1 saturated carbocycles. The van der Waals surface area contributed by atoms with Crippen molar-refractivity contribution in [1.29, 1.82) is 0 Å². The molecule has 0 amide bonds. The molecule has 0 aliphatic heterocycles. The Morgan fingerprint density at radius 2 is 0.806 bits per heavy atom. The Labute approximate surface area is 362 Å². The number of phosphoric acid groups is 3. The van der Waals surface area contributed by atoms with Crippen molar-refractivity contribution < 1.29 is 104 Å². The lowest BCUT2D eigenvalue weighted by molar-refractivity contribution is -0.240. The maximum absolute atomic E-state index is 13.9. The zero-order valence-electron chi connectivity index (χ0n) is 36.2. The van der Waals surface area contributed by atoms with Crippen molar-refractivity contribution in [3.63, 3.8) is 0 Å². The molecule has 0 heterocycles. The third-order valence-corrected chi connectivity index (χ3v) is 11.0. The molecule has 0 saturated heterocycles. The summed E-state index contributed by atoms with van der Waals surface area (Å²) in [7, 11) is -17.2. The maximum atomic E-state index is 13.9. The summed E-state index contributed by atoms with van der Waals surface area (Å²) < 4.78 is 85.9. The normalized spacial score (nSPS) is 21.9. The highest BCUT2D eigenvalue weighted by Gasteiger charge is 2.62. The molecule has 25 heteroatoms. The monoisotopic (exact) mass is 956 g/mol. The highest BCUT2D eigenvalue weighted by Crippen LogP contribution is 2.53. The van der Waals surface area contributed by atoms with E-state index >= 15 is 0 Å². The van der Waals surface area contributed by atoms with Gasteiger partial charge < -0.3 is 48.2 Å². The molecule has 0 radical (unpaired) electrons. The number of phosphoric ester groups is 3. The minimum atomic E-state index is -5.81. The number of carbonyl (C=O) groups is 5. The van der Waals surface area contributed by atoms with Crippen LogP contribution in [-0.4, -0.2) is 110 Å². The van der Waals surface area contributed by atoms with Crippen molar-refractivity contribution in [3.05, 3.63) is 0 Å². The van der Waals surface area contributed by atoms with Gasteiger partial charge in [0.25, 0.3) is 0 Å². The molecule has 0 aromatic heterocycles. The fourth-order valence-electron chi connectivity index (χ4n) is 6.17. The number of rotatable bonds is 33. The van der Waals surface area contributed by atoms with Crippen molar-refractivity contribution in [2.45, 2.75) is 193 Å². The highest BCUT2D eigenvalue weighted by molar-refractivity contribution is 7.47. The molecule has 1 fully saturated rings. The van der Waals surface area contributed by atoms with Crippen molar-refractivity contribution >= 4 is 53.3 Å². The van der Waals surface area contributed by atoms with Crippen LogP contribution in [-0.2, 0) is 79.4 Å². The van der Waals surface area contributed by atoms with E-state index in [1.54, 1.807) is 13.8 Å². The zero-order valence-corrected chi connectivity index (χ0v) is 38.9. The first-order valence-corrected chi connectivity index (χ1v) is 25.7. The molecule has 0 spiro atoms. The molecule has 1 rings (SSSR count). The summed E-state index contributed by atoms with van der Waals surface area (Å²) >= 11 is 0. The van der Waals surface area contributed by atoms with Crippen LogP contribution in [0.4, 0.5) is 0 Å². The van der Waals surface area contributed by atoms with Gasteiger partial charge in [-0.05, 0) is 32.1 Å². The smallest absolute Gasteiger partial charge is 0.462 e. The van der Waals surface area contributed by atoms with Gasteiger partial charge in [-0.15, -0.1) is 0 Å². The molecule has 62 heavy (non-hydrogen) atoms. The summed E-state index contributed by atoms with van der Waals surface area (Å²) in [5.41, 5.74) is 0. The molecule has 8 atom stereocenters. The van der Waals surface area contributed by atoms with Crippen LogP contribution in [0.5, 0.6) is 0 Å². The van der Waals surface area contributed by atoms with Crippen LogP contribution in [0.25, 0.3) is 0 Å². The van der Waals surface area contributed by atoms with E-state index in [0.717, 1.165) is 44.9 Å². The largest absolute Gasteiger partial charge is 0.472 e. The lowest BCUT2D eigenvalue weighted by atomic mass is 9.84. The molecule has 1 unspecified atom stereocenters. The molecule has 0 aromatic rings. The van der Waals surface area contributed by atoms with Crippen molar-refractivity contribution in [2.75, 3.05) is 13.2 Å². The average Bonchev–Trinajstić information content (AvgIpc) is 3.16. The van der Waals surface area contributed by atoms with E-state index in [2.05, 4.69) is 0 Å². The summed E-state index contributed by atoms with van der Waals surface area (Å²) in [6.07, 6.45) is -8.71. The average molecular weight is 957 g/mol. The van der Waals surface area contributed by atoms with E-state index < -0.39 is 116 Å². The van der Waals surface area contributed by atoms with E-state index in [9.17, 15) is 62.1 Å². The van der Waals surface area contributed by atoms with Crippen LogP contribution in [0.2, 0.25) is 0 Å². The van der Waals surface area contributed by atoms with Gasteiger partial charge in [0, 0.05) is 32.1 Å².